The number of phenols is 1. The van der Waals surface area contributed by atoms with E-state index in [0.29, 0.717) is 11.8 Å². The van der Waals surface area contributed by atoms with Crippen LogP contribution in [0.25, 0.3) is 0 Å². The highest BCUT2D eigenvalue weighted by Crippen LogP contribution is 2.26. The van der Waals surface area contributed by atoms with Crippen molar-refractivity contribution in [3.05, 3.63) is 59.7 Å². The van der Waals surface area contributed by atoms with E-state index in [9.17, 15) is 5.11 Å². The Balaban J connectivity index is 2.21. The summed E-state index contributed by atoms with van der Waals surface area (Å²) in [6.45, 7) is 4.17. The van der Waals surface area contributed by atoms with Crippen LogP contribution in [0.4, 0.5) is 5.69 Å². The molecule has 18 heavy (non-hydrogen) atoms. The molecule has 2 heteroatoms. The van der Waals surface area contributed by atoms with E-state index in [4.69, 9.17) is 0 Å². The highest BCUT2D eigenvalue weighted by Gasteiger charge is 2.09. The van der Waals surface area contributed by atoms with E-state index in [1.807, 2.05) is 19.1 Å². The predicted octanol–water partition coefficient (Wildman–Crippen LogP) is 4.26. The van der Waals surface area contributed by atoms with Crippen molar-refractivity contribution < 1.29 is 5.11 Å². The van der Waals surface area contributed by atoms with E-state index in [1.165, 1.54) is 5.56 Å². The number of rotatable bonds is 4. The second kappa shape index (κ2) is 5.58. The molecule has 0 heterocycles. The molecule has 2 nitrogen and oxygen atoms in total. The molecule has 0 spiro atoms. The molecule has 0 fully saturated rings. The van der Waals surface area contributed by atoms with Crippen LogP contribution in [-0.4, -0.2) is 5.11 Å². The fourth-order valence-corrected chi connectivity index (χ4v) is 2.10. The van der Waals surface area contributed by atoms with Crippen LogP contribution in [-0.2, 0) is 0 Å². The Morgan fingerprint density at radius 3 is 2.44 bits per heavy atom. The average Bonchev–Trinajstić information content (AvgIpc) is 2.39. The summed E-state index contributed by atoms with van der Waals surface area (Å²) in [4.78, 5) is 0. The molecule has 1 unspecified atom stereocenters. The van der Waals surface area contributed by atoms with Crippen molar-refractivity contribution in [2.45, 2.75) is 26.3 Å². The number of nitrogens with one attached hydrogen (secondary N) is 1. The Hall–Kier alpha value is -1.96. The summed E-state index contributed by atoms with van der Waals surface area (Å²) >= 11 is 0. The Bertz CT molecular complexity index is 508. The lowest BCUT2D eigenvalue weighted by molar-refractivity contribution is 0.475. The van der Waals surface area contributed by atoms with Gasteiger partial charge in [-0.05, 0) is 42.7 Å². The van der Waals surface area contributed by atoms with Crippen LogP contribution in [0.2, 0.25) is 0 Å². The zero-order valence-electron chi connectivity index (χ0n) is 10.9. The minimum absolute atomic E-state index is 0.300. The van der Waals surface area contributed by atoms with Gasteiger partial charge in [-0.1, -0.05) is 37.3 Å². The van der Waals surface area contributed by atoms with Crippen LogP contribution >= 0.6 is 0 Å². The largest absolute Gasteiger partial charge is 0.508 e. The molecular weight excluding hydrogens is 222 g/mol. The first-order valence-corrected chi connectivity index (χ1v) is 6.32. The second-order valence-electron chi connectivity index (χ2n) is 4.52. The Morgan fingerprint density at radius 1 is 1.11 bits per heavy atom. The van der Waals surface area contributed by atoms with Gasteiger partial charge in [0.05, 0.1) is 6.04 Å². The summed E-state index contributed by atoms with van der Waals surface area (Å²) in [6.07, 6.45) is 1.02. The van der Waals surface area contributed by atoms with Gasteiger partial charge in [-0.2, -0.15) is 0 Å². The summed E-state index contributed by atoms with van der Waals surface area (Å²) in [5.41, 5.74) is 3.42. The van der Waals surface area contributed by atoms with E-state index < -0.39 is 0 Å². The quantitative estimate of drug-likeness (QED) is 0.784. The maximum atomic E-state index is 9.42. The Kier molecular flexibility index (Phi) is 3.88. The third kappa shape index (κ3) is 2.83. The van der Waals surface area contributed by atoms with Crippen LogP contribution in [0.5, 0.6) is 5.75 Å². The number of hydrogen-bond acceptors (Lipinski definition) is 2. The second-order valence-corrected chi connectivity index (χ2v) is 4.52. The van der Waals surface area contributed by atoms with Gasteiger partial charge in [0.2, 0.25) is 0 Å². The van der Waals surface area contributed by atoms with Gasteiger partial charge in [0.25, 0.3) is 0 Å². The molecule has 2 N–H and O–H groups in total. The molecule has 2 rings (SSSR count). The maximum absolute atomic E-state index is 9.42. The topological polar surface area (TPSA) is 32.3 Å². The molecule has 0 radical (unpaired) electrons. The number of anilines is 1. The van der Waals surface area contributed by atoms with Crippen molar-refractivity contribution in [1.82, 2.24) is 0 Å². The number of phenolic OH excluding ortho intramolecular Hbond substituents is 1. The number of aromatic hydroxyl groups is 1. The summed E-state index contributed by atoms with van der Waals surface area (Å²) < 4.78 is 0. The van der Waals surface area contributed by atoms with Gasteiger partial charge in [-0.3, -0.25) is 0 Å². The molecule has 0 bridgehead atoms. The molecule has 1 atom stereocenters. The molecule has 94 valence electrons. The van der Waals surface area contributed by atoms with E-state index >= 15 is 0 Å². The van der Waals surface area contributed by atoms with Crippen LogP contribution in [0.15, 0.2) is 48.5 Å². The summed E-state index contributed by atoms with van der Waals surface area (Å²) in [6, 6.07) is 16.1. The van der Waals surface area contributed by atoms with E-state index in [-0.39, 0.29) is 0 Å². The fourth-order valence-electron chi connectivity index (χ4n) is 2.10. The molecule has 0 aliphatic carbocycles. The van der Waals surface area contributed by atoms with Gasteiger partial charge in [0, 0.05) is 5.69 Å². The number of benzene rings is 2. The zero-order chi connectivity index (χ0) is 13.0. The maximum Gasteiger partial charge on any atom is 0.115 e. The lowest BCUT2D eigenvalue weighted by Gasteiger charge is -2.20. The highest BCUT2D eigenvalue weighted by atomic mass is 16.3. The van der Waals surface area contributed by atoms with Gasteiger partial charge < -0.3 is 10.4 Å². The van der Waals surface area contributed by atoms with Crippen molar-refractivity contribution in [2.75, 3.05) is 5.32 Å². The van der Waals surface area contributed by atoms with Gasteiger partial charge in [-0.25, -0.2) is 0 Å². The molecule has 2 aromatic rings. The van der Waals surface area contributed by atoms with Crippen LogP contribution in [0.1, 0.15) is 30.5 Å². The summed E-state index contributed by atoms with van der Waals surface area (Å²) in [7, 11) is 0. The molecule has 0 aromatic heterocycles. The first-order valence-electron chi connectivity index (χ1n) is 6.32. The van der Waals surface area contributed by atoms with E-state index in [2.05, 4.69) is 36.5 Å². The van der Waals surface area contributed by atoms with Crippen LogP contribution < -0.4 is 5.32 Å². The monoisotopic (exact) mass is 241 g/mol. The minimum atomic E-state index is 0.300. The van der Waals surface area contributed by atoms with Crippen molar-refractivity contribution in [3.8, 4) is 5.75 Å². The molecule has 0 aliphatic rings. The van der Waals surface area contributed by atoms with Crippen LogP contribution in [0.3, 0.4) is 0 Å². The standard InChI is InChI=1S/C16H19NO/c1-3-15(13-7-5-4-6-8-13)17-16-10-9-14(18)11-12(16)2/h4-11,15,17-18H,3H2,1-2H3. The summed E-state index contributed by atoms with van der Waals surface area (Å²) in [5.74, 6) is 0.311. The number of hydrogen-bond donors (Lipinski definition) is 2. The lowest BCUT2D eigenvalue weighted by atomic mass is 10.0. The third-order valence-electron chi connectivity index (χ3n) is 3.15. The zero-order valence-corrected chi connectivity index (χ0v) is 10.9. The van der Waals surface area contributed by atoms with Gasteiger partial charge in [-0.15, -0.1) is 0 Å². The molecule has 0 amide bonds. The predicted molar refractivity (Wildman–Crippen MR) is 75.9 cm³/mol. The van der Waals surface area contributed by atoms with Crippen molar-refractivity contribution in [2.24, 2.45) is 0 Å². The Labute approximate surface area is 108 Å². The molecule has 0 saturated carbocycles. The van der Waals surface area contributed by atoms with Gasteiger partial charge in [0.1, 0.15) is 5.75 Å². The van der Waals surface area contributed by atoms with E-state index in [1.54, 1.807) is 12.1 Å². The first-order chi connectivity index (χ1) is 8.70. The third-order valence-corrected chi connectivity index (χ3v) is 3.15. The minimum Gasteiger partial charge on any atom is -0.508 e. The normalized spacial score (nSPS) is 12.1. The first kappa shape index (κ1) is 12.5. The lowest BCUT2D eigenvalue weighted by Crippen LogP contribution is -2.10. The van der Waals surface area contributed by atoms with Gasteiger partial charge >= 0.3 is 0 Å². The van der Waals surface area contributed by atoms with Gasteiger partial charge in [0.15, 0.2) is 0 Å². The van der Waals surface area contributed by atoms with Crippen LogP contribution in [0, 0.1) is 6.92 Å². The van der Waals surface area contributed by atoms with Crippen molar-refractivity contribution >= 4 is 5.69 Å². The van der Waals surface area contributed by atoms with E-state index in [0.717, 1.165) is 17.7 Å². The number of aryl methyl sites for hydroxylation is 1. The molecular formula is C16H19NO. The average molecular weight is 241 g/mol. The molecule has 0 saturated heterocycles. The Morgan fingerprint density at radius 2 is 1.83 bits per heavy atom. The van der Waals surface area contributed by atoms with Crippen molar-refractivity contribution in [3.63, 3.8) is 0 Å². The smallest absolute Gasteiger partial charge is 0.115 e. The SMILES string of the molecule is CCC(Nc1ccc(O)cc1C)c1ccccc1. The van der Waals surface area contributed by atoms with Crippen molar-refractivity contribution in [1.29, 1.82) is 0 Å². The summed E-state index contributed by atoms with van der Waals surface area (Å²) in [5, 5.41) is 12.9. The molecule has 0 aliphatic heterocycles. The molecule has 2 aromatic carbocycles. The fraction of sp³-hybridized carbons (Fsp3) is 0.250. The highest BCUT2D eigenvalue weighted by molar-refractivity contribution is 5.54.